The van der Waals surface area contributed by atoms with Crippen LogP contribution in [0.1, 0.15) is 32.8 Å². The van der Waals surface area contributed by atoms with Crippen molar-refractivity contribution < 1.29 is 18.4 Å². The lowest BCUT2D eigenvalue weighted by Gasteiger charge is -2.04. The molecule has 0 radical (unpaired) electrons. The van der Waals surface area contributed by atoms with E-state index in [0.29, 0.717) is 6.54 Å². The van der Waals surface area contributed by atoms with Crippen LogP contribution in [0, 0.1) is 11.6 Å². The molecular weight excluding hydrogens is 312 g/mol. The minimum Gasteiger partial charge on any atom is -0.350 e. The number of rotatable bonds is 5. The smallest absolute Gasteiger partial charge is 0.280 e. The highest BCUT2D eigenvalue weighted by molar-refractivity contribution is 7.11. The maximum atomic E-state index is 13.4. The molecule has 0 atom stereocenters. The maximum Gasteiger partial charge on any atom is 0.280 e. The number of benzene rings is 1. The van der Waals surface area contributed by atoms with E-state index in [1.54, 1.807) is 6.92 Å². The first-order chi connectivity index (χ1) is 10.5. The van der Waals surface area contributed by atoms with E-state index in [-0.39, 0.29) is 28.7 Å². The molecule has 5 nitrogen and oxygen atoms in total. The molecule has 0 fully saturated rings. The van der Waals surface area contributed by atoms with Crippen LogP contribution in [0.15, 0.2) is 23.6 Å². The summed E-state index contributed by atoms with van der Waals surface area (Å²) >= 11 is 1.05. The monoisotopic (exact) mass is 325 g/mol. The van der Waals surface area contributed by atoms with Gasteiger partial charge in [-0.3, -0.25) is 9.59 Å². The van der Waals surface area contributed by atoms with E-state index < -0.39 is 17.5 Å². The van der Waals surface area contributed by atoms with Gasteiger partial charge in [-0.15, -0.1) is 11.3 Å². The highest BCUT2D eigenvalue weighted by atomic mass is 32.1. The van der Waals surface area contributed by atoms with Gasteiger partial charge < -0.3 is 10.6 Å². The molecule has 2 amide bonds. The second kappa shape index (κ2) is 7.08. The molecule has 0 bridgehead atoms. The Morgan fingerprint density at radius 1 is 1.23 bits per heavy atom. The van der Waals surface area contributed by atoms with Crippen LogP contribution in [-0.4, -0.2) is 23.3 Å². The molecule has 0 spiro atoms. The SMILES string of the molecule is CCNC(=O)c1nc(C(=O)NCc2ccc(F)cc2F)cs1. The van der Waals surface area contributed by atoms with Crippen LogP contribution in [-0.2, 0) is 6.54 Å². The quantitative estimate of drug-likeness (QED) is 0.884. The van der Waals surface area contributed by atoms with Crippen LogP contribution in [0.25, 0.3) is 0 Å². The molecule has 0 aliphatic heterocycles. The number of carbonyl (C=O) groups is 2. The predicted molar refractivity (Wildman–Crippen MR) is 77.6 cm³/mol. The Labute approximate surface area is 129 Å². The van der Waals surface area contributed by atoms with Crippen LogP contribution < -0.4 is 10.6 Å². The predicted octanol–water partition coefficient (Wildman–Crippen LogP) is 2.10. The van der Waals surface area contributed by atoms with Crippen LogP contribution in [0.3, 0.4) is 0 Å². The summed E-state index contributed by atoms with van der Waals surface area (Å²) < 4.78 is 26.2. The molecular formula is C14H13F2N3O2S. The molecule has 1 heterocycles. The van der Waals surface area contributed by atoms with Crippen molar-refractivity contribution in [1.29, 1.82) is 0 Å². The molecule has 8 heteroatoms. The van der Waals surface area contributed by atoms with E-state index in [9.17, 15) is 18.4 Å². The van der Waals surface area contributed by atoms with Crippen molar-refractivity contribution in [1.82, 2.24) is 15.6 Å². The molecule has 0 saturated carbocycles. The fourth-order valence-corrected chi connectivity index (χ4v) is 2.36. The molecule has 2 aromatic rings. The summed E-state index contributed by atoms with van der Waals surface area (Å²) in [5.41, 5.74) is 0.239. The Bertz CT molecular complexity index is 703. The van der Waals surface area contributed by atoms with Gasteiger partial charge in [-0.25, -0.2) is 13.8 Å². The zero-order valence-corrected chi connectivity index (χ0v) is 12.5. The summed E-state index contributed by atoms with van der Waals surface area (Å²) in [5, 5.41) is 6.67. The Kier molecular flexibility index (Phi) is 5.16. The normalized spacial score (nSPS) is 10.3. The van der Waals surface area contributed by atoms with Crippen LogP contribution in [0.2, 0.25) is 0 Å². The Morgan fingerprint density at radius 3 is 2.68 bits per heavy atom. The highest BCUT2D eigenvalue weighted by Gasteiger charge is 2.15. The maximum absolute atomic E-state index is 13.4. The summed E-state index contributed by atoms with van der Waals surface area (Å²) in [4.78, 5) is 27.4. The average Bonchev–Trinajstić information content (AvgIpc) is 2.96. The second-order valence-corrected chi connectivity index (χ2v) is 5.17. The standard InChI is InChI=1S/C14H13F2N3O2S/c1-2-17-13(21)14-19-11(7-22-14)12(20)18-6-8-3-4-9(15)5-10(8)16/h3-5,7H,2,6H2,1H3,(H,17,21)(H,18,20). The van der Waals surface area contributed by atoms with Crippen LogP contribution in [0.4, 0.5) is 8.78 Å². The number of amides is 2. The minimum absolute atomic E-state index is 0.0776. The molecule has 116 valence electrons. The van der Waals surface area contributed by atoms with E-state index in [2.05, 4.69) is 15.6 Å². The Balaban J connectivity index is 1.99. The third-order valence-electron chi connectivity index (χ3n) is 2.72. The van der Waals surface area contributed by atoms with E-state index in [1.807, 2.05) is 0 Å². The molecule has 0 aliphatic carbocycles. The fraction of sp³-hybridized carbons (Fsp3) is 0.214. The number of nitrogens with zero attached hydrogens (tertiary/aromatic N) is 1. The van der Waals surface area contributed by atoms with Gasteiger partial charge in [-0.2, -0.15) is 0 Å². The molecule has 1 aromatic heterocycles. The van der Waals surface area contributed by atoms with Gasteiger partial charge in [-0.1, -0.05) is 6.07 Å². The first-order valence-electron chi connectivity index (χ1n) is 6.47. The molecule has 22 heavy (non-hydrogen) atoms. The van der Waals surface area contributed by atoms with Crippen molar-refractivity contribution in [2.75, 3.05) is 6.54 Å². The number of halogens is 2. The second-order valence-electron chi connectivity index (χ2n) is 4.32. The topological polar surface area (TPSA) is 71.1 Å². The third-order valence-corrected chi connectivity index (χ3v) is 3.56. The van der Waals surface area contributed by atoms with Gasteiger partial charge in [0.25, 0.3) is 11.8 Å². The number of thiazole rings is 1. The number of carbonyl (C=O) groups excluding carboxylic acids is 2. The van der Waals surface area contributed by atoms with Crippen molar-refractivity contribution in [3.63, 3.8) is 0 Å². The van der Waals surface area contributed by atoms with E-state index in [1.165, 1.54) is 11.4 Å². The molecule has 0 aliphatic rings. The van der Waals surface area contributed by atoms with E-state index in [4.69, 9.17) is 0 Å². The van der Waals surface area contributed by atoms with Crippen molar-refractivity contribution in [3.05, 3.63) is 51.5 Å². The average molecular weight is 325 g/mol. The summed E-state index contributed by atoms with van der Waals surface area (Å²) in [5.74, 6) is -2.30. The number of aromatic nitrogens is 1. The first-order valence-corrected chi connectivity index (χ1v) is 7.35. The number of nitrogens with one attached hydrogen (secondary N) is 2. The molecule has 2 rings (SSSR count). The Morgan fingerprint density at radius 2 is 2.00 bits per heavy atom. The van der Waals surface area contributed by atoms with Crippen LogP contribution >= 0.6 is 11.3 Å². The van der Waals surface area contributed by atoms with Gasteiger partial charge >= 0.3 is 0 Å². The molecule has 2 N–H and O–H groups in total. The molecule has 0 saturated heterocycles. The minimum atomic E-state index is -0.735. The summed E-state index contributed by atoms with van der Waals surface area (Å²) in [6, 6.07) is 3.12. The van der Waals surface area contributed by atoms with E-state index >= 15 is 0 Å². The highest BCUT2D eigenvalue weighted by Crippen LogP contribution is 2.11. The number of hydrogen-bond acceptors (Lipinski definition) is 4. The fourth-order valence-electron chi connectivity index (χ4n) is 1.65. The van der Waals surface area contributed by atoms with Crippen LogP contribution in [0.5, 0.6) is 0 Å². The third kappa shape index (κ3) is 3.85. The first kappa shape index (κ1) is 16.0. The van der Waals surface area contributed by atoms with Crippen molar-refractivity contribution >= 4 is 23.2 Å². The van der Waals surface area contributed by atoms with Gasteiger partial charge in [0, 0.05) is 30.1 Å². The van der Waals surface area contributed by atoms with Crippen molar-refractivity contribution in [2.45, 2.75) is 13.5 Å². The molecule has 1 aromatic carbocycles. The van der Waals surface area contributed by atoms with Gasteiger partial charge in [0.05, 0.1) is 0 Å². The van der Waals surface area contributed by atoms with Gasteiger partial charge in [0.2, 0.25) is 0 Å². The lowest BCUT2D eigenvalue weighted by atomic mass is 10.2. The largest absolute Gasteiger partial charge is 0.350 e. The zero-order chi connectivity index (χ0) is 16.1. The zero-order valence-electron chi connectivity index (χ0n) is 11.7. The summed E-state index contributed by atoms with van der Waals surface area (Å²) in [6.07, 6.45) is 0. The number of hydrogen-bond donors (Lipinski definition) is 2. The lowest BCUT2D eigenvalue weighted by Crippen LogP contribution is -2.25. The van der Waals surface area contributed by atoms with E-state index in [0.717, 1.165) is 23.5 Å². The molecule has 0 unspecified atom stereocenters. The van der Waals surface area contributed by atoms with Crippen molar-refractivity contribution in [3.8, 4) is 0 Å². The summed E-state index contributed by atoms with van der Waals surface area (Å²) in [6.45, 7) is 2.14. The lowest BCUT2D eigenvalue weighted by molar-refractivity contribution is 0.0946. The Hall–Kier alpha value is -2.35. The van der Waals surface area contributed by atoms with Gasteiger partial charge in [-0.05, 0) is 13.0 Å². The van der Waals surface area contributed by atoms with Crippen molar-refractivity contribution in [2.24, 2.45) is 0 Å². The van der Waals surface area contributed by atoms with Gasteiger partial charge in [0.15, 0.2) is 5.01 Å². The summed E-state index contributed by atoms with van der Waals surface area (Å²) in [7, 11) is 0. The van der Waals surface area contributed by atoms with Gasteiger partial charge in [0.1, 0.15) is 17.3 Å².